The van der Waals surface area contributed by atoms with Gasteiger partial charge in [-0.3, -0.25) is 19.8 Å². The molecule has 0 saturated heterocycles. The molecule has 0 aliphatic rings. The van der Waals surface area contributed by atoms with E-state index in [4.69, 9.17) is 9.47 Å². The first-order valence-corrected chi connectivity index (χ1v) is 8.23. The molecule has 2 amide bonds. The zero-order valence-electron chi connectivity index (χ0n) is 15.5. The highest BCUT2D eigenvalue weighted by Crippen LogP contribution is 2.20. The summed E-state index contributed by atoms with van der Waals surface area (Å²) in [4.78, 5) is 26.1. The normalized spacial score (nSPS) is 10.5. The molecule has 2 aromatic carbocycles. The van der Waals surface area contributed by atoms with Crippen LogP contribution >= 0.6 is 0 Å². The van der Waals surface area contributed by atoms with E-state index in [9.17, 15) is 9.59 Å². The Morgan fingerprint density at radius 2 is 1.73 bits per heavy atom. The Morgan fingerprint density at radius 3 is 2.35 bits per heavy atom. The number of amides is 2. The molecule has 0 heterocycles. The number of rotatable bonds is 7. The predicted octanol–water partition coefficient (Wildman–Crippen LogP) is 2.40. The number of methoxy groups -OCH3 is 2. The van der Waals surface area contributed by atoms with E-state index in [1.807, 2.05) is 37.1 Å². The number of benzene rings is 2. The van der Waals surface area contributed by atoms with Gasteiger partial charge in [-0.05, 0) is 44.3 Å². The molecule has 0 aliphatic carbocycles. The number of imide groups is 1. The lowest BCUT2D eigenvalue weighted by Crippen LogP contribution is -2.38. The molecule has 0 aliphatic heterocycles. The van der Waals surface area contributed by atoms with Crippen LogP contribution in [-0.4, -0.2) is 44.5 Å². The van der Waals surface area contributed by atoms with Crippen molar-refractivity contribution in [2.45, 2.75) is 13.5 Å². The molecule has 138 valence electrons. The van der Waals surface area contributed by atoms with E-state index in [1.54, 1.807) is 38.5 Å². The van der Waals surface area contributed by atoms with E-state index in [0.29, 0.717) is 17.9 Å². The molecule has 1 N–H and O–H groups in total. The Bertz CT molecular complexity index is 772. The van der Waals surface area contributed by atoms with Gasteiger partial charge in [0, 0.05) is 17.7 Å². The molecule has 2 aromatic rings. The minimum Gasteiger partial charge on any atom is -0.497 e. The summed E-state index contributed by atoms with van der Waals surface area (Å²) in [5.41, 5.74) is 2.51. The SMILES string of the molecule is COc1ccc(C(=O)NC(=O)CN(C)Cc2cc(C)ccc2OC)cc1. The maximum atomic E-state index is 12.1. The van der Waals surface area contributed by atoms with E-state index in [2.05, 4.69) is 5.32 Å². The topological polar surface area (TPSA) is 67.9 Å². The minimum absolute atomic E-state index is 0.0962. The third kappa shape index (κ3) is 5.32. The first-order chi connectivity index (χ1) is 12.4. The molecule has 6 nitrogen and oxygen atoms in total. The molecule has 26 heavy (non-hydrogen) atoms. The highest BCUT2D eigenvalue weighted by atomic mass is 16.5. The quantitative estimate of drug-likeness (QED) is 0.825. The van der Waals surface area contributed by atoms with E-state index < -0.39 is 5.91 Å². The molecule has 2 rings (SSSR count). The fraction of sp³-hybridized carbons (Fsp3) is 0.300. The summed E-state index contributed by atoms with van der Waals surface area (Å²) in [5, 5.41) is 2.40. The second-order valence-corrected chi connectivity index (χ2v) is 6.09. The lowest BCUT2D eigenvalue weighted by molar-refractivity contribution is -0.121. The minimum atomic E-state index is -0.431. The van der Waals surface area contributed by atoms with Crippen molar-refractivity contribution in [2.24, 2.45) is 0 Å². The summed E-state index contributed by atoms with van der Waals surface area (Å²) in [7, 11) is 4.99. The predicted molar refractivity (Wildman–Crippen MR) is 99.5 cm³/mol. The molecule has 0 spiro atoms. The van der Waals surface area contributed by atoms with Gasteiger partial charge in [-0.15, -0.1) is 0 Å². The van der Waals surface area contributed by atoms with Gasteiger partial charge in [0.2, 0.25) is 5.91 Å². The van der Waals surface area contributed by atoms with Gasteiger partial charge >= 0.3 is 0 Å². The molecule has 0 aromatic heterocycles. The fourth-order valence-electron chi connectivity index (χ4n) is 2.60. The van der Waals surface area contributed by atoms with Crippen LogP contribution < -0.4 is 14.8 Å². The van der Waals surface area contributed by atoms with Gasteiger partial charge in [-0.1, -0.05) is 17.7 Å². The van der Waals surface area contributed by atoms with Crippen LogP contribution in [0.1, 0.15) is 21.5 Å². The first-order valence-electron chi connectivity index (χ1n) is 8.23. The van der Waals surface area contributed by atoms with Crippen LogP contribution in [0.2, 0.25) is 0 Å². The summed E-state index contributed by atoms with van der Waals surface area (Å²) in [6.07, 6.45) is 0. The molecule has 0 bridgehead atoms. The van der Waals surface area contributed by atoms with Gasteiger partial charge in [0.15, 0.2) is 0 Å². The fourth-order valence-corrected chi connectivity index (χ4v) is 2.60. The highest BCUT2D eigenvalue weighted by Gasteiger charge is 2.14. The van der Waals surface area contributed by atoms with E-state index in [0.717, 1.165) is 16.9 Å². The van der Waals surface area contributed by atoms with Crippen LogP contribution in [0.15, 0.2) is 42.5 Å². The van der Waals surface area contributed by atoms with Crippen molar-refractivity contribution < 1.29 is 19.1 Å². The average Bonchev–Trinajstić information content (AvgIpc) is 2.61. The third-order valence-corrected chi connectivity index (χ3v) is 3.89. The Kier molecular flexibility index (Phi) is 6.74. The molecular weight excluding hydrogens is 332 g/mol. The van der Waals surface area contributed by atoms with Gasteiger partial charge in [0.1, 0.15) is 11.5 Å². The number of carbonyl (C=O) groups excluding carboxylic acids is 2. The summed E-state index contributed by atoms with van der Waals surface area (Å²) in [6.45, 7) is 2.64. The summed E-state index contributed by atoms with van der Waals surface area (Å²) < 4.78 is 10.4. The maximum absolute atomic E-state index is 12.1. The van der Waals surface area contributed by atoms with Crippen LogP contribution in [-0.2, 0) is 11.3 Å². The lowest BCUT2D eigenvalue weighted by Gasteiger charge is -2.18. The van der Waals surface area contributed by atoms with E-state index in [-0.39, 0.29) is 12.5 Å². The smallest absolute Gasteiger partial charge is 0.257 e. The van der Waals surface area contributed by atoms with Crippen LogP contribution in [0.4, 0.5) is 0 Å². The standard InChI is InChI=1S/C20H24N2O4/c1-14-5-10-18(26-4)16(11-14)12-22(2)13-19(23)21-20(24)15-6-8-17(25-3)9-7-15/h5-11H,12-13H2,1-4H3,(H,21,23,24). The van der Waals surface area contributed by atoms with Crippen LogP contribution in [0.25, 0.3) is 0 Å². The molecule has 0 unspecified atom stereocenters. The van der Waals surface area contributed by atoms with Gasteiger partial charge in [-0.2, -0.15) is 0 Å². The summed E-state index contributed by atoms with van der Waals surface area (Å²) in [5.74, 6) is 0.635. The summed E-state index contributed by atoms with van der Waals surface area (Å²) >= 11 is 0. The zero-order chi connectivity index (χ0) is 19.1. The second kappa shape index (κ2) is 9.01. The molecule has 0 fully saturated rings. The van der Waals surface area contributed by atoms with Gasteiger partial charge in [-0.25, -0.2) is 0 Å². The van der Waals surface area contributed by atoms with Crippen molar-refractivity contribution in [1.82, 2.24) is 10.2 Å². The maximum Gasteiger partial charge on any atom is 0.257 e. The number of nitrogens with zero attached hydrogens (tertiary/aromatic N) is 1. The van der Waals surface area contributed by atoms with Crippen LogP contribution in [0.5, 0.6) is 11.5 Å². The van der Waals surface area contributed by atoms with Gasteiger partial charge < -0.3 is 9.47 Å². The Morgan fingerprint density at radius 1 is 1.04 bits per heavy atom. The first kappa shape index (κ1) is 19.5. The van der Waals surface area contributed by atoms with Crippen LogP contribution in [0, 0.1) is 6.92 Å². The number of aryl methyl sites for hydroxylation is 1. The van der Waals surface area contributed by atoms with E-state index in [1.165, 1.54) is 0 Å². The monoisotopic (exact) mass is 356 g/mol. The molecule has 0 atom stereocenters. The van der Waals surface area contributed by atoms with Crippen molar-refractivity contribution in [1.29, 1.82) is 0 Å². The van der Waals surface area contributed by atoms with Crippen molar-refractivity contribution in [3.05, 3.63) is 59.2 Å². The number of ether oxygens (including phenoxy) is 2. The second-order valence-electron chi connectivity index (χ2n) is 6.09. The third-order valence-electron chi connectivity index (χ3n) is 3.89. The Balaban J connectivity index is 1.92. The van der Waals surface area contributed by atoms with Crippen LogP contribution in [0.3, 0.4) is 0 Å². The molecule has 6 heteroatoms. The number of hydrogen-bond donors (Lipinski definition) is 1. The molecule has 0 saturated carbocycles. The Labute approximate surface area is 153 Å². The van der Waals surface area contributed by atoms with Gasteiger partial charge in [0.05, 0.1) is 20.8 Å². The number of hydrogen-bond acceptors (Lipinski definition) is 5. The number of carbonyl (C=O) groups is 2. The van der Waals surface area contributed by atoms with E-state index >= 15 is 0 Å². The summed E-state index contributed by atoms with van der Waals surface area (Å²) in [6, 6.07) is 12.5. The lowest BCUT2D eigenvalue weighted by atomic mass is 10.1. The van der Waals surface area contributed by atoms with Crippen molar-refractivity contribution in [2.75, 3.05) is 27.8 Å². The Hall–Kier alpha value is -2.86. The largest absolute Gasteiger partial charge is 0.497 e. The van der Waals surface area contributed by atoms with Gasteiger partial charge in [0.25, 0.3) is 5.91 Å². The highest BCUT2D eigenvalue weighted by molar-refractivity contribution is 6.05. The zero-order valence-corrected chi connectivity index (χ0v) is 15.5. The average molecular weight is 356 g/mol. The number of likely N-dealkylation sites (N-methyl/N-ethyl adjacent to an activating group) is 1. The molecule has 0 radical (unpaired) electrons. The number of nitrogens with one attached hydrogen (secondary N) is 1. The van der Waals surface area contributed by atoms with Crippen molar-refractivity contribution in [3.63, 3.8) is 0 Å². The van der Waals surface area contributed by atoms with Crippen molar-refractivity contribution in [3.8, 4) is 11.5 Å². The molecular formula is C20H24N2O4. The van der Waals surface area contributed by atoms with Crippen molar-refractivity contribution >= 4 is 11.8 Å².